The predicted octanol–water partition coefficient (Wildman–Crippen LogP) is 6.91. The molecule has 0 heterocycles. The molecule has 0 radical (unpaired) electrons. The van der Waals surface area contributed by atoms with Crippen LogP contribution in [0.3, 0.4) is 0 Å². The average molecular weight is 351 g/mol. The molecule has 2 aromatic carbocycles. The van der Waals surface area contributed by atoms with Crippen molar-refractivity contribution in [1.29, 1.82) is 0 Å². The van der Waals surface area contributed by atoms with Gasteiger partial charge in [-0.15, -0.1) is 0 Å². The molecule has 2 aromatic rings. The van der Waals surface area contributed by atoms with Crippen molar-refractivity contribution >= 4 is 5.97 Å². The average Bonchev–Trinajstić information content (AvgIpc) is 2.69. The second-order valence-corrected chi connectivity index (χ2v) is 7.72. The van der Waals surface area contributed by atoms with Crippen LogP contribution in [0, 0.1) is 5.92 Å². The van der Waals surface area contributed by atoms with Gasteiger partial charge < -0.3 is 5.11 Å². The summed E-state index contributed by atoms with van der Waals surface area (Å²) in [5.41, 5.74) is 3.84. The summed E-state index contributed by atoms with van der Waals surface area (Å²) in [6.07, 6.45) is 10.9. The SMILES string of the molecule is CCCCCC1CCC(c2ccc(-c3cccc(C(=O)O)c3)cc2)CC1. The van der Waals surface area contributed by atoms with Crippen LogP contribution in [-0.4, -0.2) is 11.1 Å². The van der Waals surface area contributed by atoms with E-state index in [0.29, 0.717) is 11.5 Å². The van der Waals surface area contributed by atoms with E-state index >= 15 is 0 Å². The molecule has 0 bridgehead atoms. The molecular weight excluding hydrogens is 320 g/mol. The van der Waals surface area contributed by atoms with Crippen LogP contribution in [0.25, 0.3) is 11.1 Å². The minimum atomic E-state index is -0.876. The van der Waals surface area contributed by atoms with Crippen molar-refractivity contribution in [1.82, 2.24) is 0 Å². The lowest BCUT2D eigenvalue weighted by Gasteiger charge is -2.29. The van der Waals surface area contributed by atoms with E-state index in [1.807, 2.05) is 12.1 Å². The number of benzene rings is 2. The van der Waals surface area contributed by atoms with Gasteiger partial charge in [0.15, 0.2) is 0 Å². The Morgan fingerprint density at radius 1 is 0.962 bits per heavy atom. The number of hydrogen-bond acceptors (Lipinski definition) is 1. The molecule has 0 aromatic heterocycles. The van der Waals surface area contributed by atoms with E-state index < -0.39 is 5.97 Å². The molecule has 1 fully saturated rings. The molecule has 1 saturated carbocycles. The summed E-state index contributed by atoms with van der Waals surface area (Å²) in [6, 6.07) is 15.9. The van der Waals surface area contributed by atoms with Crippen LogP contribution in [0.5, 0.6) is 0 Å². The van der Waals surface area contributed by atoms with Crippen molar-refractivity contribution in [2.24, 2.45) is 5.92 Å². The quantitative estimate of drug-likeness (QED) is 0.551. The number of carboxylic acids is 1. The lowest BCUT2D eigenvalue weighted by atomic mass is 9.77. The Morgan fingerprint density at radius 2 is 1.69 bits per heavy atom. The van der Waals surface area contributed by atoms with E-state index in [9.17, 15) is 4.79 Å². The van der Waals surface area contributed by atoms with Crippen LogP contribution >= 0.6 is 0 Å². The van der Waals surface area contributed by atoms with Gasteiger partial charge in [0, 0.05) is 0 Å². The van der Waals surface area contributed by atoms with Gasteiger partial charge in [0.05, 0.1) is 5.56 Å². The molecule has 26 heavy (non-hydrogen) atoms. The zero-order valence-electron chi connectivity index (χ0n) is 15.8. The summed E-state index contributed by atoms with van der Waals surface area (Å²) in [6.45, 7) is 2.28. The zero-order chi connectivity index (χ0) is 18.4. The molecule has 1 aliphatic carbocycles. The number of unbranched alkanes of at least 4 members (excludes halogenated alkanes) is 2. The third kappa shape index (κ3) is 4.75. The predicted molar refractivity (Wildman–Crippen MR) is 108 cm³/mol. The van der Waals surface area contributed by atoms with Gasteiger partial charge in [-0.2, -0.15) is 0 Å². The van der Waals surface area contributed by atoms with Crippen molar-refractivity contribution in [3.63, 3.8) is 0 Å². The fraction of sp³-hybridized carbons (Fsp3) is 0.458. The summed E-state index contributed by atoms with van der Waals surface area (Å²) in [5, 5.41) is 9.16. The van der Waals surface area contributed by atoms with Gasteiger partial charge in [-0.25, -0.2) is 4.79 Å². The Kier molecular flexibility index (Phi) is 6.49. The highest BCUT2D eigenvalue weighted by Gasteiger charge is 2.22. The molecule has 0 atom stereocenters. The van der Waals surface area contributed by atoms with Crippen LogP contribution < -0.4 is 0 Å². The van der Waals surface area contributed by atoms with Crippen LogP contribution in [0.15, 0.2) is 48.5 Å². The third-order valence-electron chi connectivity index (χ3n) is 5.89. The minimum Gasteiger partial charge on any atom is -0.478 e. The van der Waals surface area contributed by atoms with Crippen molar-refractivity contribution in [3.8, 4) is 11.1 Å². The van der Waals surface area contributed by atoms with Gasteiger partial charge in [-0.1, -0.05) is 69.0 Å². The normalized spacial score (nSPS) is 20.0. The Labute approximate surface area is 157 Å². The number of hydrogen-bond donors (Lipinski definition) is 1. The molecular formula is C24H30O2. The lowest BCUT2D eigenvalue weighted by molar-refractivity contribution is 0.0697. The van der Waals surface area contributed by atoms with Crippen molar-refractivity contribution in [2.75, 3.05) is 0 Å². The molecule has 0 spiro atoms. The Morgan fingerprint density at radius 3 is 2.35 bits per heavy atom. The van der Waals surface area contributed by atoms with Crippen molar-refractivity contribution < 1.29 is 9.90 Å². The van der Waals surface area contributed by atoms with E-state index in [1.54, 1.807) is 12.1 Å². The lowest BCUT2D eigenvalue weighted by Crippen LogP contribution is -2.13. The molecule has 138 valence electrons. The fourth-order valence-corrected chi connectivity index (χ4v) is 4.25. The highest BCUT2D eigenvalue weighted by Crippen LogP contribution is 2.38. The Bertz CT molecular complexity index is 709. The van der Waals surface area contributed by atoms with Gasteiger partial charge in [0.1, 0.15) is 0 Å². The molecule has 1 N–H and O–H groups in total. The smallest absolute Gasteiger partial charge is 0.335 e. The van der Waals surface area contributed by atoms with Crippen LogP contribution in [-0.2, 0) is 0 Å². The summed E-state index contributed by atoms with van der Waals surface area (Å²) in [5.74, 6) is 0.756. The molecule has 3 rings (SSSR count). The molecule has 2 nitrogen and oxygen atoms in total. The molecule has 2 heteroatoms. The number of aromatic carboxylic acids is 1. The monoisotopic (exact) mass is 350 g/mol. The number of carbonyl (C=O) groups is 1. The van der Waals surface area contributed by atoms with Crippen molar-refractivity contribution in [2.45, 2.75) is 64.2 Å². The molecule has 0 amide bonds. The topological polar surface area (TPSA) is 37.3 Å². The van der Waals surface area contributed by atoms with Crippen molar-refractivity contribution in [3.05, 3.63) is 59.7 Å². The van der Waals surface area contributed by atoms with E-state index in [0.717, 1.165) is 17.0 Å². The third-order valence-corrected chi connectivity index (χ3v) is 5.89. The van der Waals surface area contributed by atoms with Gasteiger partial charge in [-0.3, -0.25) is 0 Å². The highest BCUT2D eigenvalue weighted by molar-refractivity contribution is 5.89. The second kappa shape index (κ2) is 9.02. The first-order valence-corrected chi connectivity index (χ1v) is 10.1. The van der Waals surface area contributed by atoms with Crippen LogP contribution in [0.2, 0.25) is 0 Å². The van der Waals surface area contributed by atoms with Gasteiger partial charge >= 0.3 is 5.97 Å². The largest absolute Gasteiger partial charge is 0.478 e. The first-order chi connectivity index (χ1) is 12.7. The Balaban J connectivity index is 1.60. The molecule has 0 saturated heterocycles. The number of rotatable bonds is 7. The van der Waals surface area contributed by atoms with Gasteiger partial charge in [0.2, 0.25) is 0 Å². The van der Waals surface area contributed by atoms with E-state index in [1.165, 1.54) is 56.9 Å². The molecule has 1 aliphatic rings. The first kappa shape index (κ1) is 18.7. The maximum absolute atomic E-state index is 11.2. The molecule has 0 unspecified atom stereocenters. The summed E-state index contributed by atoms with van der Waals surface area (Å²) in [7, 11) is 0. The summed E-state index contributed by atoms with van der Waals surface area (Å²) in [4.78, 5) is 11.2. The number of carboxylic acid groups (broad SMARTS) is 1. The fourth-order valence-electron chi connectivity index (χ4n) is 4.25. The zero-order valence-corrected chi connectivity index (χ0v) is 15.8. The van der Waals surface area contributed by atoms with E-state index in [2.05, 4.69) is 31.2 Å². The minimum absolute atomic E-state index is 0.341. The van der Waals surface area contributed by atoms with Gasteiger partial charge in [-0.05, 0) is 66.3 Å². The summed E-state index contributed by atoms with van der Waals surface area (Å²) < 4.78 is 0. The van der Waals surface area contributed by atoms with E-state index in [4.69, 9.17) is 5.11 Å². The standard InChI is InChI=1S/C24H30O2/c1-2-3-4-6-18-9-11-19(12-10-18)20-13-15-21(16-14-20)22-7-5-8-23(17-22)24(25)26/h5,7-8,13-19H,2-4,6,9-12H2,1H3,(H,25,26). The first-order valence-electron chi connectivity index (χ1n) is 10.1. The highest BCUT2D eigenvalue weighted by atomic mass is 16.4. The van der Waals surface area contributed by atoms with Gasteiger partial charge in [0.25, 0.3) is 0 Å². The van der Waals surface area contributed by atoms with Crippen LogP contribution in [0.4, 0.5) is 0 Å². The summed E-state index contributed by atoms with van der Waals surface area (Å²) >= 11 is 0. The Hall–Kier alpha value is -2.09. The maximum Gasteiger partial charge on any atom is 0.335 e. The second-order valence-electron chi connectivity index (χ2n) is 7.72. The van der Waals surface area contributed by atoms with Crippen LogP contribution in [0.1, 0.15) is 80.1 Å². The molecule has 0 aliphatic heterocycles. The van der Waals surface area contributed by atoms with E-state index in [-0.39, 0.29) is 0 Å². The maximum atomic E-state index is 11.2.